The average Bonchev–Trinajstić information content (AvgIpc) is 2.84. The number of likely N-dealkylation sites (N-methyl/N-ethyl adjacent to an activating group) is 1. The van der Waals surface area contributed by atoms with Gasteiger partial charge in [0, 0.05) is 31.3 Å². The van der Waals surface area contributed by atoms with Crippen LogP contribution in [-0.2, 0) is 25.6 Å². The van der Waals surface area contributed by atoms with Crippen LogP contribution in [0.1, 0.15) is 35.2 Å². The molecule has 0 heterocycles. The Labute approximate surface area is 234 Å². The zero-order chi connectivity index (χ0) is 31.1. The molecule has 1 aromatic rings. The van der Waals surface area contributed by atoms with E-state index >= 15 is 0 Å². The van der Waals surface area contributed by atoms with Crippen LogP contribution < -0.4 is 10.6 Å². The lowest BCUT2D eigenvalue weighted by atomic mass is 9.58. The van der Waals surface area contributed by atoms with E-state index in [1.54, 1.807) is 39.2 Å². The van der Waals surface area contributed by atoms with Crippen molar-refractivity contribution in [3.63, 3.8) is 0 Å². The fraction of sp³-hybridized carbons (Fsp3) is 0.444. The van der Waals surface area contributed by atoms with Crippen LogP contribution in [-0.4, -0.2) is 105 Å². The second kappa shape index (κ2) is 11.2. The van der Waals surface area contributed by atoms with Crippen LogP contribution in [0.15, 0.2) is 34.8 Å². The number of amides is 1. The first-order valence-corrected chi connectivity index (χ1v) is 12.6. The van der Waals surface area contributed by atoms with Crippen molar-refractivity contribution in [3.05, 3.63) is 45.9 Å². The number of nitrogens with two attached hydrogens (primary N) is 1. The molecule has 1 aromatic carbocycles. The number of nitrogens with zero attached hydrogens (tertiary/aromatic N) is 2. The molecule has 3 aliphatic carbocycles. The number of phenolic OH excluding ortho intramolecular Hbond substituents is 1. The highest BCUT2D eigenvalue weighted by atomic mass is 16.4. The molecule has 0 bridgehead atoms. The Balaban J connectivity index is 0.000000507. The quantitative estimate of drug-likeness (QED) is 0.223. The molecule has 14 heteroatoms. The van der Waals surface area contributed by atoms with Gasteiger partial charge in [-0.15, -0.1) is 0 Å². The molecule has 1 amide bonds. The molecule has 0 fully saturated rings. The van der Waals surface area contributed by atoms with E-state index in [1.165, 1.54) is 11.0 Å². The number of aromatic hydroxyl groups is 1. The van der Waals surface area contributed by atoms with Gasteiger partial charge in [-0.05, 0) is 50.6 Å². The number of carboxylic acid groups (broad SMARTS) is 2. The Morgan fingerprint density at radius 3 is 2.02 bits per heavy atom. The Bertz CT molecular complexity index is 1380. The van der Waals surface area contributed by atoms with E-state index in [2.05, 4.69) is 0 Å². The number of aliphatic hydroxyl groups is 3. The molecule has 4 atom stereocenters. The minimum atomic E-state index is -2.63. The summed E-state index contributed by atoms with van der Waals surface area (Å²) in [6.45, 7) is 0. The second-order valence-electron chi connectivity index (χ2n) is 10.6. The van der Waals surface area contributed by atoms with Gasteiger partial charge in [-0.2, -0.15) is 0 Å². The van der Waals surface area contributed by atoms with Gasteiger partial charge in [-0.25, -0.2) is 0 Å². The molecule has 41 heavy (non-hydrogen) atoms. The van der Waals surface area contributed by atoms with Crippen LogP contribution in [0.5, 0.6) is 5.75 Å². The maximum atomic E-state index is 13.5. The molecule has 8 N–H and O–H groups in total. The molecular formula is C27H33N3O11. The van der Waals surface area contributed by atoms with Crippen molar-refractivity contribution in [3.8, 4) is 5.75 Å². The fourth-order valence-corrected chi connectivity index (χ4v) is 5.87. The number of fused-ring (bicyclic) bond motifs is 3. The maximum absolute atomic E-state index is 13.5. The summed E-state index contributed by atoms with van der Waals surface area (Å²) in [6.07, 6.45) is -0.268. The van der Waals surface area contributed by atoms with Gasteiger partial charge in [0.05, 0.1) is 24.4 Å². The van der Waals surface area contributed by atoms with Gasteiger partial charge in [0.15, 0.2) is 11.4 Å². The maximum Gasteiger partial charge on any atom is 0.303 e. The number of primary amides is 1. The molecule has 3 aliphatic rings. The SMILES string of the molecule is CN(C)c1ccc(O)c2c1C[C@H]1C[C@@H]3[C@H](N(C)C)C(O)=C(C(N)=O)C(=O)[C@@]3(O)C(O)=C1C2=O.O=C(O)CCC(=O)O. The standard InChI is InChI=1S/C23H27N3O7.C4H6O4/c1-25(2)12-5-6-13(27)15-10(12)7-9-8-11-17(26(3)4)19(29)16(22(24)32)21(31)23(11,33)20(30)14(9)18(15)28;5-3(6)1-2-4(7)8/h5-6,9,11,17,27,29-30,33H,7-8H2,1-4H3,(H2,24,32);1-2H2,(H,5,6)(H,7,8)/t9-,11+,17-,23-;/m0./s1. The van der Waals surface area contributed by atoms with E-state index in [0.29, 0.717) is 5.56 Å². The molecule has 0 aromatic heterocycles. The monoisotopic (exact) mass is 575 g/mol. The largest absolute Gasteiger partial charge is 0.510 e. The van der Waals surface area contributed by atoms with Gasteiger partial charge < -0.3 is 41.3 Å². The molecule has 0 aliphatic heterocycles. The molecular weight excluding hydrogens is 542 g/mol. The van der Waals surface area contributed by atoms with Crippen LogP contribution in [0.25, 0.3) is 0 Å². The fourth-order valence-electron chi connectivity index (χ4n) is 5.87. The van der Waals surface area contributed by atoms with E-state index in [1.807, 2.05) is 0 Å². The van der Waals surface area contributed by atoms with Crippen molar-refractivity contribution >= 4 is 35.1 Å². The lowest BCUT2D eigenvalue weighted by Crippen LogP contribution is -2.63. The number of hydrogen-bond donors (Lipinski definition) is 7. The summed E-state index contributed by atoms with van der Waals surface area (Å²) in [4.78, 5) is 61.3. The lowest BCUT2D eigenvalue weighted by Gasteiger charge is -2.50. The second-order valence-corrected chi connectivity index (χ2v) is 10.6. The van der Waals surface area contributed by atoms with Gasteiger partial charge in [0.2, 0.25) is 5.78 Å². The number of hydrogen-bond acceptors (Lipinski definition) is 11. The molecule has 0 saturated carbocycles. The number of carboxylic acids is 2. The Kier molecular flexibility index (Phi) is 8.51. The Morgan fingerprint density at radius 2 is 1.56 bits per heavy atom. The van der Waals surface area contributed by atoms with Crippen LogP contribution >= 0.6 is 0 Å². The topological polar surface area (TPSA) is 239 Å². The zero-order valence-electron chi connectivity index (χ0n) is 22.9. The third-order valence-corrected chi connectivity index (χ3v) is 7.62. The summed E-state index contributed by atoms with van der Waals surface area (Å²) < 4.78 is 0. The van der Waals surface area contributed by atoms with Crippen LogP contribution in [0.4, 0.5) is 5.69 Å². The zero-order valence-corrected chi connectivity index (χ0v) is 22.9. The van der Waals surface area contributed by atoms with Crippen molar-refractivity contribution in [2.75, 3.05) is 33.1 Å². The average molecular weight is 576 g/mol. The number of Topliss-reactive ketones (excluding diaryl/α,β-unsaturated/α-hetero) is 2. The van der Waals surface area contributed by atoms with Crippen LogP contribution in [0, 0.1) is 11.8 Å². The Morgan fingerprint density at radius 1 is 1.00 bits per heavy atom. The Hall–Kier alpha value is -4.43. The van der Waals surface area contributed by atoms with E-state index in [4.69, 9.17) is 15.9 Å². The normalized spacial score (nSPS) is 25.1. The number of aliphatic hydroxyl groups excluding tert-OH is 2. The number of phenols is 1. The predicted octanol–water partition coefficient (Wildman–Crippen LogP) is 0.122. The van der Waals surface area contributed by atoms with Gasteiger partial charge in [-0.1, -0.05) is 0 Å². The molecule has 14 nitrogen and oxygen atoms in total. The van der Waals surface area contributed by atoms with Gasteiger partial charge >= 0.3 is 11.9 Å². The van der Waals surface area contributed by atoms with Crippen molar-refractivity contribution in [1.82, 2.24) is 4.90 Å². The van der Waals surface area contributed by atoms with Crippen molar-refractivity contribution in [2.24, 2.45) is 17.6 Å². The lowest BCUT2D eigenvalue weighted by molar-refractivity contribution is -0.148. The predicted molar refractivity (Wildman–Crippen MR) is 143 cm³/mol. The number of carbonyl (C=O) groups is 5. The summed E-state index contributed by atoms with van der Waals surface area (Å²) in [5.41, 5.74) is 3.02. The smallest absolute Gasteiger partial charge is 0.303 e. The first-order chi connectivity index (χ1) is 19.0. The highest BCUT2D eigenvalue weighted by Gasteiger charge is 2.63. The van der Waals surface area contributed by atoms with Crippen molar-refractivity contribution < 1.29 is 54.6 Å². The van der Waals surface area contributed by atoms with Crippen molar-refractivity contribution in [2.45, 2.75) is 37.3 Å². The molecule has 0 unspecified atom stereocenters. The highest BCUT2D eigenvalue weighted by Crippen LogP contribution is 2.53. The van der Waals surface area contributed by atoms with Gasteiger partial charge in [0.25, 0.3) is 5.91 Å². The van der Waals surface area contributed by atoms with Crippen molar-refractivity contribution in [1.29, 1.82) is 0 Å². The number of rotatable bonds is 6. The van der Waals surface area contributed by atoms with E-state index in [0.717, 1.165) is 5.69 Å². The molecule has 0 spiro atoms. The number of carbonyl (C=O) groups excluding carboxylic acids is 3. The number of allylic oxidation sites excluding steroid dienone is 1. The first kappa shape index (κ1) is 31.1. The first-order valence-electron chi connectivity index (χ1n) is 12.6. The van der Waals surface area contributed by atoms with E-state index < -0.39 is 70.0 Å². The number of benzene rings is 1. The van der Waals surface area contributed by atoms with Gasteiger partial charge in [0.1, 0.15) is 22.8 Å². The molecule has 4 rings (SSSR count). The number of anilines is 1. The highest BCUT2D eigenvalue weighted by molar-refractivity contribution is 6.24. The summed E-state index contributed by atoms with van der Waals surface area (Å²) in [6, 6.07) is 2.06. The van der Waals surface area contributed by atoms with E-state index in [-0.39, 0.29) is 42.6 Å². The number of ketones is 2. The summed E-state index contributed by atoms with van der Waals surface area (Å²) in [5, 5.41) is 59.7. The summed E-state index contributed by atoms with van der Waals surface area (Å²) >= 11 is 0. The van der Waals surface area contributed by atoms with Crippen LogP contribution in [0.2, 0.25) is 0 Å². The minimum absolute atomic E-state index is 0.00184. The van der Waals surface area contributed by atoms with E-state index in [9.17, 15) is 44.4 Å². The molecule has 0 saturated heterocycles. The van der Waals surface area contributed by atoms with Crippen LogP contribution in [0.3, 0.4) is 0 Å². The third-order valence-electron chi connectivity index (χ3n) is 7.62. The minimum Gasteiger partial charge on any atom is -0.510 e. The molecule has 0 radical (unpaired) electrons. The summed E-state index contributed by atoms with van der Waals surface area (Å²) in [5.74, 6) is -8.69. The third kappa shape index (κ3) is 5.23. The molecule has 222 valence electrons. The summed E-state index contributed by atoms with van der Waals surface area (Å²) in [7, 11) is 6.79. The number of aliphatic carboxylic acids is 2. The van der Waals surface area contributed by atoms with Gasteiger partial charge in [-0.3, -0.25) is 28.9 Å².